The zero-order valence-electron chi connectivity index (χ0n) is 2.36. The lowest BCUT2D eigenvalue weighted by Crippen LogP contribution is -1.78. The van der Waals surface area contributed by atoms with Crippen LogP contribution in [-0.2, 0) is 4.79 Å². The number of carboxylic acids is 1. The second-order valence-corrected chi connectivity index (χ2v) is 0.519. The molecule has 2 nitrogen and oxygen atoms in total. The minimum absolute atomic E-state index is 0.833. The van der Waals surface area contributed by atoms with Crippen LogP contribution in [0.4, 0.5) is 0 Å². The number of hydrogen-bond acceptors (Lipinski definition) is 1. The summed E-state index contributed by atoms with van der Waals surface area (Å²) in [5.41, 5.74) is 0. The highest BCUT2D eigenvalue weighted by molar-refractivity contribution is 5.62. The predicted octanol–water partition coefficient (Wildman–Crippen LogP) is 0.0909. The summed E-state index contributed by atoms with van der Waals surface area (Å²) in [5, 5.41) is 7.42. The van der Waals surface area contributed by atoms with E-state index >= 15 is 0 Å². The molecule has 24 valence electrons. The van der Waals surface area contributed by atoms with E-state index in [0.29, 0.717) is 0 Å². The fourth-order valence-electron chi connectivity index (χ4n) is 0. The first-order chi connectivity index (χ1) is 1.73. The summed E-state index contributed by atoms with van der Waals surface area (Å²) in [5.74, 6) is -0.833. The van der Waals surface area contributed by atoms with Crippen molar-refractivity contribution in [2.45, 2.75) is 6.92 Å². The Morgan fingerprint density at radius 2 is 2.00 bits per heavy atom. The largest absolute Gasteiger partial charge is 0.481 e. The van der Waals surface area contributed by atoms with Crippen molar-refractivity contribution in [1.82, 2.24) is 0 Å². The molecule has 4 heavy (non-hydrogen) atoms. The second kappa shape index (κ2) is 0.875. The maximum atomic E-state index is 9.00. The summed E-state index contributed by atoms with van der Waals surface area (Å²) in [6.07, 6.45) is 0. The van der Waals surface area contributed by atoms with Crippen LogP contribution in [0.2, 0.25) is 0 Å². The van der Waals surface area contributed by atoms with Gasteiger partial charge in [-0.3, -0.25) is 4.79 Å². The summed E-state index contributed by atoms with van der Waals surface area (Å²) in [6.45, 7) is 1.08. The van der Waals surface area contributed by atoms with Crippen LogP contribution >= 0.6 is 0 Å². The Bertz CT molecular complexity index is 27.0. The van der Waals surface area contributed by atoms with E-state index in [9.17, 15) is 0 Å². The van der Waals surface area contributed by atoms with Crippen LogP contribution < -0.4 is 0 Å². The van der Waals surface area contributed by atoms with Gasteiger partial charge in [-0.1, -0.05) is 0 Å². The molecule has 0 radical (unpaired) electrons. The van der Waals surface area contributed by atoms with E-state index in [1.807, 2.05) is 0 Å². The molecule has 0 aromatic carbocycles. The molecule has 0 saturated carbocycles. The van der Waals surface area contributed by atoms with E-state index in [4.69, 9.17) is 9.90 Å². The Hall–Kier alpha value is -0.530. The lowest BCUT2D eigenvalue weighted by atomic mass is 11.3. The third-order valence-corrected chi connectivity index (χ3v) is 0. The topological polar surface area (TPSA) is 37.3 Å². The van der Waals surface area contributed by atoms with Gasteiger partial charge in [0.2, 0.25) is 0 Å². The van der Waals surface area contributed by atoms with Crippen molar-refractivity contribution in [1.29, 1.82) is 0 Å². The first kappa shape index (κ1) is 3.47. The lowest BCUT2D eigenvalue weighted by molar-refractivity contribution is -0.134. The number of hydrogen-bond donors (Lipinski definition) is 1. The molecular formula is C2H4O2. The molecule has 0 aliphatic rings. The van der Waals surface area contributed by atoms with E-state index in [1.54, 1.807) is 0 Å². The summed E-state index contributed by atoms with van der Waals surface area (Å²) in [6, 6.07) is 0. The smallest absolute Gasteiger partial charge is 0.300 e. The Labute approximate surface area is 24.1 Å². The highest BCUT2D eigenvalue weighted by Gasteiger charge is 1.65. The van der Waals surface area contributed by atoms with Crippen LogP contribution in [0.5, 0.6) is 0 Å². The van der Waals surface area contributed by atoms with Crippen molar-refractivity contribution < 1.29 is 9.90 Å². The summed E-state index contributed by atoms with van der Waals surface area (Å²) in [4.78, 5) is 9.00. The monoisotopic (exact) mass is 62.0 g/mol. The van der Waals surface area contributed by atoms with Crippen LogP contribution in [0.25, 0.3) is 0 Å². The zero-order chi connectivity index (χ0) is 3.58. The van der Waals surface area contributed by atoms with Crippen molar-refractivity contribution in [2.75, 3.05) is 0 Å². The third kappa shape index (κ3) is 1.16. The Morgan fingerprint density at radius 3 is 2.00 bits per heavy atom. The molecule has 0 unspecified atom stereocenters. The maximum absolute atomic E-state index is 9.00. The summed E-state index contributed by atoms with van der Waals surface area (Å²) >= 11 is 0. The summed E-state index contributed by atoms with van der Waals surface area (Å²) in [7, 11) is 0. The van der Waals surface area contributed by atoms with E-state index < -0.39 is 5.97 Å². The summed E-state index contributed by atoms with van der Waals surface area (Å²) < 4.78 is 0. The first-order valence-corrected chi connectivity index (χ1v) is 0.928. The van der Waals surface area contributed by atoms with Crippen molar-refractivity contribution in [3.05, 3.63) is 0 Å². The first-order valence-electron chi connectivity index (χ1n) is 0.928. The highest BCUT2D eigenvalue weighted by atomic mass is 16.4. The fourth-order valence-corrected chi connectivity index (χ4v) is 0. The van der Waals surface area contributed by atoms with Crippen molar-refractivity contribution >= 4 is 5.97 Å². The molecule has 0 saturated heterocycles. The van der Waals surface area contributed by atoms with Gasteiger partial charge in [-0.15, -0.1) is 0 Å². The van der Waals surface area contributed by atoms with Gasteiger partial charge in [0.15, 0.2) is 0 Å². The van der Waals surface area contributed by atoms with Gasteiger partial charge >= 0.3 is 0 Å². The average Bonchev–Trinajstić information content (AvgIpc) is 0.811. The van der Waals surface area contributed by atoms with Gasteiger partial charge in [-0.05, 0) is 0 Å². The second-order valence-electron chi connectivity index (χ2n) is 0.519. The minimum atomic E-state index is -0.833. The highest BCUT2D eigenvalue weighted by Crippen LogP contribution is 1.42. The van der Waals surface area contributed by atoms with Crippen LogP contribution in [0.1, 0.15) is 6.92 Å². The molecule has 0 aliphatic heterocycles. The fraction of sp³-hybridized carbons (Fsp3) is 0.500. The quantitative estimate of drug-likeness (QED) is 0.431. The van der Waals surface area contributed by atoms with Gasteiger partial charge in [-0.25, -0.2) is 0 Å². The molecule has 2 heteroatoms. The van der Waals surface area contributed by atoms with Gasteiger partial charge in [0.25, 0.3) is 5.97 Å². The number of aliphatic carboxylic acids is 1. The van der Waals surface area contributed by atoms with E-state index in [1.165, 1.54) is 0 Å². The predicted molar refractivity (Wildman–Crippen MR) is 13.3 cm³/mol. The average molecular weight is 62.0 g/mol. The SMILES string of the molecule is [14CH3]C(=O)O. The molecule has 1 N–H and O–H groups in total. The molecule has 0 aromatic rings. The lowest BCUT2D eigenvalue weighted by Gasteiger charge is -1.59. The molecule has 0 spiro atoms. The Balaban J connectivity index is 2.80. The Morgan fingerprint density at radius 1 is 2.00 bits per heavy atom. The van der Waals surface area contributed by atoms with Crippen LogP contribution in [0.15, 0.2) is 0 Å². The van der Waals surface area contributed by atoms with E-state index in [-0.39, 0.29) is 0 Å². The van der Waals surface area contributed by atoms with Crippen LogP contribution in [0, 0.1) is 0 Å². The zero-order valence-corrected chi connectivity index (χ0v) is 2.36. The molecule has 0 heterocycles. The molecule has 0 aromatic heterocycles. The van der Waals surface area contributed by atoms with E-state index in [0.717, 1.165) is 6.92 Å². The molecule has 0 fully saturated rings. The van der Waals surface area contributed by atoms with Crippen LogP contribution in [-0.4, -0.2) is 11.1 Å². The van der Waals surface area contributed by atoms with Gasteiger partial charge in [0, 0.05) is 6.92 Å². The molecule has 0 bridgehead atoms. The molecule has 0 amide bonds. The molecular weight excluding hydrogens is 58.0 g/mol. The van der Waals surface area contributed by atoms with Crippen molar-refractivity contribution in [3.8, 4) is 0 Å². The van der Waals surface area contributed by atoms with Gasteiger partial charge in [0.1, 0.15) is 0 Å². The maximum Gasteiger partial charge on any atom is 0.300 e. The van der Waals surface area contributed by atoms with Crippen molar-refractivity contribution in [2.24, 2.45) is 0 Å². The number of carboxylic acid groups (broad SMARTS) is 1. The van der Waals surface area contributed by atoms with Gasteiger partial charge in [-0.2, -0.15) is 0 Å². The normalized spacial score (nSPS) is 6.25. The number of carbonyl (C=O) groups is 1. The van der Waals surface area contributed by atoms with Crippen LogP contribution in [0.3, 0.4) is 0 Å². The molecule has 0 atom stereocenters. The third-order valence-electron chi connectivity index (χ3n) is 0. The van der Waals surface area contributed by atoms with Crippen molar-refractivity contribution in [3.63, 3.8) is 0 Å². The molecule has 0 aliphatic carbocycles. The standard InChI is InChI=1S/C2H4O2/c1-2(3)4/h1H3,(H,3,4)/i1+2. The van der Waals surface area contributed by atoms with Gasteiger partial charge in [0.05, 0.1) is 0 Å². The van der Waals surface area contributed by atoms with E-state index in [2.05, 4.69) is 0 Å². The van der Waals surface area contributed by atoms with Gasteiger partial charge < -0.3 is 5.11 Å². The molecule has 0 rings (SSSR count). The Kier molecular flexibility index (Phi) is 0.759. The number of rotatable bonds is 0. The minimum Gasteiger partial charge on any atom is -0.481 e.